The average Bonchev–Trinajstić information content (AvgIpc) is 2.17. The monoisotopic (exact) mass is 214 g/mol. The van der Waals surface area contributed by atoms with Gasteiger partial charge in [0, 0.05) is 0 Å². The van der Waals surface area contributed by atoms with Crippen LogP contribution in [0.5, 0.6) is 0 Å². The molecule has 0 bridgehead atoms. The zero-order valence-corrected chi connectivity index (χ0v) is 11.1. The summed E-state index contributed by atoms with van der Waals surface area (Å²) in [7, 11) is 0. The van der Waals surface area contributed by atoms with Gasteiger partial charge in [-0.25, -0.2) is 0 Å². The highest BCUT2D eigenvalue weighted by atomic mass is 16.3. The molecule has 0 heterocycles. The number of unbranched alkanes of at least 4 members (excludes halogenated alkanes) is 1. The molecular weight excluding hydrogens is 184 g/mol. The zero-order chi connectivity index (χ0) is 11.7. The summed E-state index contributed by atoms with van der Waals surface area (Å²) >= 11 is 0. The molecule has 1 N–H and O–H groups in total. The Labute approximate surface area is 96.3 Å². The standard InChI is InChI=1S/C14H30O/c1-5-7-8-13(6-2)9-10-14(15)11-12(3)4/h12-15H,5-11H2,1-4H3/t13-,14+/m0/s1. The van der Waals surface area contributed by atoms with Crippen molar-refractivity contribution in [1.29, 1.82) is 0 Å². The number of aliphatic hydroxyl groups is 1. The van der Waals surface area contributed by atoms with Crippen LogP contribution in [0.25, 0.3) is 0 Å². The Morgan fingerprint density at radius 2 is 1.67 bits per heavy atom. The fraction of sp³-hybridized carbons (Fsp3) is 1.00. The minimum Gasteiger partial charge on any atom is -0.393 e. The predicted octanol–water partition coefficient (Wildman–Crippen LogP) is 4.39. The summed E-state index contributed by atoms with van der Waals surface area (Å²) in [5.74, 6) is 1.46. The van der Waals surface area contributed by atoms with E-state index in [-0.39, 0.29) is 6.10 Å². The van der Waals surface area contributed by atoms with Gasteiger partial charge >= 0.3 is 0 Å². The van der Waals surface area contributed by atoms with Crippen molar-refractivity contribution in [3.8, 4) is 0 Å². The Bertz CT molecular complexity index is 131. The van der Waals surface area contributed by atoms with Crippen molar-refractivity contribution in [3.63, 3.8) is 0 Å². The molecule has 0 aliphatic carbocycles. The Morgan fingerprint density at radius 1 is 1.00 bits per heavy atom. The topological polar surface area (TPSA) is 20.2 Å². The number of aliphatic hydroxyl groups excluding tert-OH is 1. The van der Waals surface area contributed by atoms with Crippen molar-refractivity contribution in [2.75, 3.05) is 0 Å². The molecule has 0 amide bonds. The van der Waals surface area contributed by atoms with Gasteiger partial charge in [0.05, 0.1) is 6.10 Å². The van der Waals surface area contributed by atoms with Crippen molar-refractivity contribution >= 4 is 0 Å². The Kier molecular flexibility index (Phi) is 9.18. The first kappa shape index (κ1) is 15.0. The molecule has 0 aliphatic rings. The van der Waals surface area contributed by atoms with Crippen LogP contribution in [0, 0.1) is 11.8 Å². The number of hydrogen-bond donors (Lipinski definition) is 1. The lowest BCUT2D eigenvalue weighted by molar-refractivity contribution is 0.129. The van der Waals surface area contributed by atoms with Crippen LogP contribution in [0.1, 0.15) is 72.6 Å². The molecule has 0 spiro atoms. The first-order valence-electron chi connectivity index (χ1n) is 6.78. The molecule has 0 aliphatic heterocycles. The van der Waals surface area contributed by atoms with Gasteiger partial charge in [-0.3, -0.25) is 0 Å². The van der Waals surface area contributed by atoms with E-state index in [2.05, 4.69) is 27.7 Å². The van der Waals surface area contributed by atoms with Crippen LogP contribution in [-0.2, 0) is 0 Å². The third kappa shape index (κ3) is 8.92. The summed E-state index contributed by atoms with van der Waals surface area (Å²) in [6, 6.07) is 0. The molecule has 0 radical (unpaired) electrons. The minimum atomic E-state index is -0.0688. The van der Waals surface area contributed by atoms with Gasteiger partial charge in [0.1, 0.15) is 0 Å². The highest BCUT2D eigenvalue weighted by Gasteiger charge is 2.11. The van der Waals surface area contributed by atoms with Crippen molar-refractivity contribution < 1.29 is 5.11 Å². The largest absolute Gasteiger partial charge is 0.393 e. The summed E-state index contributed by atoms with van der Waals surface area (Å²) in [6.45, 7) is 8.88. The van der Waals surface area contributed by atoms with Gasteiger partial charge in [-0.05, 0) is 31.1 Å². The molecule has 0 aromatic heterocycles. The third-order valence-electron chi connectivity index (χ3n) is 3.19. The van der Waals surface area contributed by atoms with E-state index in [4.69, 9.17) is 0 Å². The molecule has 0 rings (SSSR count). The summed E-state index contributed by atoms with van der Waals surface area (Å²) < 4.78 is 0. The summed E-state index contributed by atoms with van der Waals surface area (Å²) in [5, 5.41) is 9.79. The smallest absolute Gasteiger partial charge is 0.0542 e. The van der Waals surface area contributed by atoms with Crippen molar-refractivity contribution in [3.05, 3.63) is 0 Å². The van der Waals surface area contributed by atoms with Crippen molar-refractivity contribution in [2.45, 2.75) is 78.7 Å². The van der Waals surface area contributed by atoms with Crippen molar-refractivity contribution in [2.24, 2.45) is 11.8 Å². The minimum absolute atomic E-state index is 0.0688. The molecule has 1 nitrogen and oxygen atoms in total. The van der Waals surface area contributed by atoms with Crippen LogP contribution in [0.3, 0.4) is 0 Å². The van der Waals surface area contributed by atoms with E-state index in [1.54, 1.807) is 0 Å². The quantitative estimate of drug-likeness (QED) is 0.603. The van der Waals surface area contributed by atoms with Gasteiger partial charge in [-0.2, -0.15) is 0 Å². The van der Waals surface area contributed by atoms with E-state index in [0.717, 1.165) is 18.8 Å². The highest BCUT2D eigenvalue weighted by molar-refractivity contribution is 4.63. The van der Waals surface area contributed by atoms with Gasteiger partial charge in [0.2, 0.25) is 0 Å². The molecule has 0 fully saturated rings. The fourth-order valence-electron chi connectivity index (χ4n) is 2.14. The van der Waals surface area contributed by atoms with Crippen molar-refractivity contribution in [1.82, 2.24) is 0 Å². The molecule has 0 aromatic carbocycles. The van der Waals surface area contributed by atoms with E-state index < -0.39 is 0 Å². The molecule has 92 valence electrons. The molecule has 15 heavy (non-hydrogen) atoms. The van der Waals surface area contributed by atoms with Gasteiger partial charge in [-0.15, -0.1) is 0 Å². The van der Waals surface area contributed by atoms with Crippen LogP contribution < -0.4 is 0 Å². The molecule has 2 atom stereocenters. The fourth-order valence-corrected chi connectivity index (χ4v) is 2.14. The second-order valence-electron chi connectivity index (χ2n) is 5.28. The van der Waals surface area contributed by atoms with Crippen LogP contribution in [0.2, 0.25) is 0 Å². The van der Waals surface area contributed by atoms with E-state index in [1.165, 1.54) is 32.1 Å². The normalized spacial score (nSPS) is 15.6. The van der Waals surface area contributed by atoms with Crippen LogP contribution in [0.15, 0.2) is 0 Å². The maximum atomic E-state index is 9.79. The Hall–Kier alpha value is -0.0400. The predicted molar refractivity (Wildman–Crippen MR) is 68.0 cm³/mol. The second kappa shape index (κ2) is 9.21. The van der Waals surface area contributed by atoms with E-state index in [9.17, 15) is 5.11 Å². The van der Waals surface area contributed by atoms with Gasteiger partial charge < -0.3 is 5.11 Å². The Morgan fingerprint density at radius 3 is 2.13 bits per heavy atom. The van der Waals surface area contributed by atoms with E-state index >= 15 is 0 Å². The van der Waals surface area contributed by atoms with Gasteiger partial charge in [-0.1, -0.05) is 53.4 Å². The van der Waals surface area contributed by atoms with Gasteiger partial charge in [0.15, 0.2) is 0 Å². The third-order valence-corrected chi connectivity index (χ3v) is 3.19. The molecule has 0 saturated heterocycles. The van der Waals surface area contributed by atoms with Crippen LogP contribution >= 0.6 is 0 Å². The first-order chi connectivity index (χ1) is 7.10. The molecule has 0 unspecified atom stereocenters. The zero-order valence-electron chi connectivity index (χ0n) is 11.1. The van der Waals surface area contributed by atoms with E-state index in [1.807, 2.05) is 0 Å². The maximum absolute atomic E-state index is 9.79. The molecular formula is C14H30O. The summed E-state index contributed by atoms with van der Waals surface area (Å²) in [4.78, 5) is 0. The lowest BCUT2D eigenvalue weighted by Gasteiger charge is -2.18. The Balaban J connectivity index is 3.60. The summed E-state index contributed by atoms with van der Waals surface area (Å²) in [6.07, 6.45) is 8.37. The molecule has 1 heteroatoms. The first-order valence-corrected chi connectivity index (χ1v) is 6.78. The lowest BCUT2D eigenvalue weighted by atomic mass is 9.91. The average molecular weight is 214 g/mol. The molecule has 0 saturated carbocycles. The summed E-state index contributed by atoms with van der Waals surface area (Å²) in [5.41, 5.74) is 0. The SMILES string of the molecule is CCCC[C@H](CC)CC[C@@H](O)CC(C)C. The number of rotatable bonds is 9. The van der Waals surface area contributed by atoms with Crippen LogP contribution in [-0.4, -0.2) is 11.2 Å². The van der Waals surface area contributed by atoms with Gasteiger partial charge in [0.25, 0.3) is 0 Å². The van der Waals surface area contributed by atoms with E-state index in [0.29, 0.717) is 5.92 Å². The number of hydrogen-bond acceptors (Lipinski definition) is 1. The maximum Gasteiger partial charge on any atom is 0.0542 e. The van der Waals surface area contributed by atoms with Crippen LogP contribution in [0.4, 0.5) is 0 Å². The lowest BCUT2D eigenvalue weighted by Crippen LogP contribution is -2.12. The second-order valence-corrected chi connectivity index (χ2v) is 5.28. The molecule has 0 aromatic rings. The highest BCUT2D eigenvalue weighted by Crippen LogP contribution is 2.21.